The largest absolute Gasteiger partial charge is 0.395 e. The summed E-state index contributed by atoms with van der Waals surface area (Å²) in [7, 11) is 0. The van der Waals surface area contributed by atoms with Gasteiger partial charge < -0.3 is 20.3 Å². The van der Waals surface area contributed by atoms with Gasteiger partial charge in [0, 0.05) is 12.6 Å². The van der Waals surface area contributed by atoms with Crippen LogP contribution >= 0.6 is 0 Å². The van der Waals surface area contributed by atoms with Gasteiger partial charge >= 0.3 is 0 Å². The normalized spacial score (nSPS) is 26.7. The molecule has 1 fully saturated rings. The van der Waals surface area contributed by atoms with Crippen molar-refractivity contribution in [2.45, 2.75) is 71.1 Å². The Hall–Kier alpha value is -0.160. The highest BCUT2D eigenvalue weighted by Gasteiger charge is 2.20. The van der Waals surface area contributed by atoms with E-state index in [-0.39, 0.29) is 12.6 Å². The van der Waals surface area contributed by atoms with Gasteiger partial charge in [-0.25, -0.2) is 0 Å². The molecule has 0 spiro atoms. The van der Waals surface area contributed by atoms with Crippen LogP contribution in [-0.4, -0.2) is 48.2 Å². The molecule has 4 nitrogen and oxygen atoms in total. The lowest BCUT2D eigenvalue weighted by molar-refractivity contribution is -0.0316. The third kappa shape index (κ3) is 7.58. The first kappa shape index (κ1) is 17.9. The van der Waals surface area contributed by atoms with E-state index in [0.717, 1.165) is 25.2 Å². The second kappa shape index (κ2) is 9.72. The van der Waals surface area contributed by atoms with Gasteiger partial charge in [-0.15, -0.1) is 0 Å². The van der Waals surface area contributed by atoms with Crippen LogP contribution in [0, 0.1) is 11.8 Å². The van der Waals surface area contributed by atoms with Gasteiger partial charge in [-0.1, -0.05) is 33.6 Å². The van der Waals surface area contributed by atoms with E-state index in [1.807, 2.05) is 0 Å². The zero-order chi connectivity index (χ0) is 15.0. The summed E-state index contributed by atoms with van der Waals surface area (Å²) in [5.41, 5.74) is 0. The van der Waals surface area contributed by atoms with Gasteiger partial charge in [0.15, 0.2) is 0 Å². The molecule has 0 aromatic rings. The van der Waals surface area contributed by atoms with Crippen LogP contribution in [-0.2, 0) is 4.74 Å². The van der Waals surface area contributed by atoms with Crippen molar-refractivity contribution >= 4 is 0 Å². The molecule has 4 atom stereocenters. The van der Waals surface area contributed by atoms with Crippen LogP contribution in [0.15, 0.2) is 0 Å². The number of hydrogen-bond acceptors (Lipinski definition) is 4. The van der Waals surface area contributed by atoms with Crippen LogP contribution in [0.4, 0.5) is 0 Å². The molecule has 120 valence electrons. The molecule has 4 heteroatoms. The summed E-state index contributed by atoms with van der Waals surface area (Å²) in [5.74, 6) is 1.28. The van der Waals surface area contributed by atoms with E-state index in [0.29, 0.717) is 25.2 Å². The first-order chi connectivity index (χ1) is 9.51. The van der Waals surface area contributed by atoms with Crippen LogP contribution in [0.1, 0.15) is 52.9 Å². The highest BCUT2D eigenvalue weighted by Crippen LogP contribution is 2.25. The number of hydrogen-bond donors (Lipinski definition) is 3. The van der Waals surface area contributed by atoms with Crippen molar-refractivity contribution in [3.05, 3.63) is 0 Å². The van der Waals surface area contributed by atoms with E-state index < -0.39 is 6.10 Å². The molecule has 0 aromatic carbocycles. The number of aliphatic hydroxyl groups is 2. The molecule has 20 heavy (non-hydrogen) atoms. The van der Waals surface area contributed by atoms with Gasteiger partial charge in [0.25, 0.3) is 0 Å². The third-order valence-electron chi connectivity index (χ3n) is 4.03. The van der Waals surface area contributed by atoms with Crippen molar-refractivity contribution < 1.29 is 14.9 Å². The molecule has 0 aromatic heterocycles. The molecule has 0 heterocycles. The molecule has 0 aliphatic heterocycles. The molecule has 1 rings (SSSR count). The molecule has 0 bridgehead atoms. The second-order valence-corrected chi connectivity index (χ2v) is 6.80. The van der Waals surface area contributed by atoms with Crippen molar-refractivity contribution in [1.82, 2.24) is 5.32 Å². The van der Waals surface area contributed by atoms with E-state index >= 15 is 0 Å². The molecular weight excluding hydrogens is 254 g/mol. The Bertz CT molecular complexity index is 240. The summed E-state index contributed by atoms with van der Waals surface area (Å²) in [4.78, 5) is 0. The number of ether oxygens (including phenoxy) is 1. The first-order valence-corrected chi connectivity index (χ1v) is 8.15. The van der Waals surface area contributed by atoms with E-state index in [2.05, 4.69) is 26.1 Å². The van der Waals surface area contributed by atoms with E-state index in [1.54, 1.807) is 0 Å². The summed E-state index contributed by atoms with van der Waals surface area (Å²) in [6.07, 6.45) is 5.53. The Labute approximate surface area is 123 Å². The second-order valence-electron chi connectivity index (χ2n) is 6.80. The molecule has 1 aliphatic carbocycles. The van der Waals surface area contributed by atoms with Gasteiger partial charge in [-0.3, -0.25) is 0 Å². The van der Waals surface area contributed by atoms with Gasteiger partial charge in [-0.05, 0) is 31.1 Å². The van der Waals surface area contributed by atoms with Crippen LogP contribution in [0.5, 0.6) is 0 Å². The standard InChI is InChI=1S/C16H33NO3/c1-12(2)7-14(10-18)17-9-15(19)11-20-16-6-4-5-13(3)8-16/h12-19H,4-11H2,1-3H3. The van der Waals surface area contributed by atoms with Crippen LogP contribution in [0.2, 0.25) is 0 Å². The fraction of sp³-hybridized carbons (Fsp3) is 1.00. The zero-order valence-electron chi connectivity index (χ0n) is 13.3. The fourth-order valence-corrected chi connectivity index (χ4v) is 2.93. The minimum absolute atomic E-state index is 0.0688. The minimum atomic E-state index is -0.492. The molecule has 0 radical (unpaired) electrons. The lowest BCUT2D eigenvalue weighted by atomic mass is 9.89. The van der Waals surface area contributed by atoms with Crippen LogP contribution in [0.25, 0.3) is 0 Å². The molecule has 1 aliphatic rings. The lowest BCUT2D eigenvalue weighted by Crippen LogP contribution is -2.40. The minimum Gasteiger partial charge on any atom is -0.395 e. The van der Waals surface area contributed by atoms with Crippen molar-refractivity contribution in [3.63, 3.8) is 0 Å². The van der Waals surface area contributed by atoms with Crippen molar-refractivity contribution in [1.29, 1.82) is 0 Å². The number of rotatable bonds is 9. The summed E-state index contributed by atoms with van der Waals surface area (Å²) >= 11 is 0. The monoisotopic (exact) mass is 287 g/mol. The quantitative estimate of drug-likeness (QED) is 0.606. The number of aliphatic hydroxyl groups excluding tert-OH is 2. The third-order valence-corrected chi connectivity index (χ3v) is 4.03. The van der Waals surface area contributed by atoms with E-state index in [4.69, 9.17) is 4.74 Å². The highest BCUT2D eigenvalue weighted by atomic mass is 16.5. The molecule has 4 unspecified atom stereocenters. The fourth-order valence-electron chi connectivity index (χ4n) is 2.93. The zero-order valence-corrected chi connectivity index (χ0v) is 13.3. The van der Waals surface area contributed by atoms with Crippen molar-refractivity contribution in [3.8, 4) is 0 Å². The van der Waals surface area contributed by atoms with Gasteiger partial charge in [0.1, 0.15) is 0 Å². The average Bonchev–Trinajstić information content (AvgIpc) is 2.40. The summed E-state index contributed by atoms with van der Waals surface area (Å²) < 4.78 is 5.81. The summed E-state index contributed by atoms with van der Waals surface area (Å²) in [6.45, 7) is 7.53. The van der Waals surface area contributed by atoms with Crippen molar-refractivity contribution in [2.75, 3.05) is 19.8 Å². The molecule has 0 amide bonds. The molecule has 3 N–H and O–H groups in total. The van der Waals surface area contributed by atoms with Crippen LogP contribution < -0.4 is 5.32 Å². The average molecular weight is 287 g/mol. The maximum Gasteiger partial charge on any atom is 0.0897 e. The Kier molecular flexibility index (Phi) is 8.69. The Morgan fingerprint density at radius 2 is 2.05 bits per heavy atom. The summed E-state index contributed by atoms with van der Waals surface area (Å²) in [6, 6.07) is 0.0688. The molecular formula is C16H33NO3. The molecule has 0 saturated heterocycles. The van der Waals surface area contributed by atoms with Crippen LogP contribution in [0.3, 0.4) is 0 Å². The number of nitrogens with one attached hydrogen (secondary N) is 1. The summed E-state index contributed by atoms with van der Waals surface area (Å²) in [5, 5.41) is 22.4. The smallest absolute Gasteiger partial charge is 0.0897 e. The SMILES string of the molecule is CC(C)CC(CO)NCC(O)COC1CCCC(C)C1. The predicted molar refractivity (Wildman–Crippen MR) is 81.7 cm³/mol. The maximum absolute atomic E-state index is 9.96. The Balaban J connectivity index is 2.14. The lowest BCUT2D eigenvalue weighted by Gasteiger charge is -2.28. The van der Waals surface area contributed by atoms with Gasteiger partial charge in [0.05, 0.1) is 25.4 Å². The van der Waals surface area contributed by atoms with Gasteiger partial charge in [0.2, 0.25) is 0 Å². The van der Waals surface area contributed by atoms with E-state index in [9.17, 15) is 10.2 Å². The van der Waals surface area contributed by atoms with Gasteiger partial charge in [-0.2, -0.15) is 0 Å². The topological polar surface area (TPSA) is 61.7 Å². The Morgan fingerprint density at radius 1 is 1.30 bits per heavy atom. The highest BCUT2D eigenvalue weighted by molar-refractivity contribution is 4.73. The van der Waals surface area contributed by atoms with Crippen molar-refractivity contribution in [2.24, 2.45) is 11.8 Å². The molecule has 1 saturated carbocycles. The first-order valence-electron chi connectivity index (χ1n) is 8.15. The predicted octanol–water partition coefficient (Wildman–Crippen LogP) is 1.94. The Morgan fingerprint density at radius 3 is 2.65 bits per heavy atom. The maximum atomic E-state index is 9.96. The van der Waals surface area contributed by atoms with E-state index in [1.165, 1.54) is 12.8 Å².